The van der Waals surface area contributed by atoms with Crippen LogP contribution in [0.1, 0.15) is 37.5 Å². The van der Waals surface area contributed by atoms with Crippen molar-refractivity contribution in [2.75, 3.05) is 19.9 Å². The molecule has 1 aliphatic rings. The number of nitrogens with one attached hydrogen (secondary N) is 1. The molecule has 0 radical (unpaired) electrons. The van der Waals surface area contributed by atoms with Gasteiger partial charge in [0.1, 0.15) is 0 Å². The standard InChI is InChI=1S/C12H16N2S2.C2H6.CH4O/c1-13-12(15)10-5-3-7-16-11(10)9-4-2-6-14-8-9;2*1-2/h2,4,6,8,10-11H,3,5,7H2,1H3,(H,13,15);1-2H3;2H,1H3. The predicted octanol–water partition coefficient (Wildman–Crippen LogP) is 3.45. The van der Waals surface area contributed by atoms with Crippen LogP contribution < -0.4 is 5.32 Å². The van der Waals surface area contributed by atoms with Crippen LogP contribution in [0.3, 0.4) is 0 Å². The van der Waals surface area contributed by atoms with Gasteiger partial charge in [0.05, 0.1) is 4.99 Å². The highest BCUT2D eigenvalue weighted by Crippen LogP contribution is 2.42. The summed E-state index contributed by atoms with van der Waals surface area (Å²) in [5.41, 5.74) is 1.30. The van der Waals surface area contributed by atoms with Crippen molar-refractivity contribution < 1.29 is 5.11 Å². The maximum absolute atomic E-state index is 7.00. The minimum Gasteiger partial charge on any atom is -0.400 e. The molecular weight excluding hydrogens is 288 g/mol. The van der Waals surface area contributed by atoms with E-state index < -0.39 is 0 Å². The van der Waals surface area contributed by atoms with Gasteiger partial charge < -0.3 is 10.4 Å². The molecule has 3 nitrogen and oxygen atoms in total. The summed E-state index contributed by atoms with van der Waals surface area (Å²) in [6, 6.07) is 4.16. The lowest BCUT2D eigenvalue weighted by atomic mass is 9.94. The Hall–Kier alpha value is -0.650. The summed E-state index contributed by atoms with van der Waals surface area (Å²) < 4.78 is 0. The second-order valence-electron chi connectivity index (χ2n) is 3.94. The van der Waals surface area contributed by atoms with Gasteiger partial charge in [-0.1, -0.05) is 32.1 Å². The average molecular weight is 315 g/mol. The van der Waals surface area contributed by atoms with Crippen molar-refractivity contribution in [3.63, 3.8) is 0 Å². The largest absolute Gasteiger partial charge is 0.400 e. The summed E-state index contributed by atoms with van der Waals surface area (Å²) in [4.78, 5) is 5.19. The minimum atomic E-state index is 0.461. The first-order valence-electron chi connectivity index (χ1n) is 7.01. The third kappa shape index (κ3) is 5.77. The van der Waals surface area contributed by atoms with Gasteiger partial charge in [0.2, 0.25) is 0 Å². The summed E-state index contributed by atoms with van der Waals surface area (Å²) in [6.07, 6.45) is 6.23. The molecule has 2 unspecified atom stereocenters. The molecule has 114 valence electrons. The molecule has 1 saturated heterocycles. The first kappa shape index (κ1) is 19.4. The average Bonchev–Trinajstić information content (AvgIpc) is 2.58. The Balaban J connectivity index is 0.000000829. The molecule has 0 amide bonds. The molecule has 2 atom stereocenters. The monoisotopic (exact) mass is 314 g/mol. The number of pyridine rings is 1. The molecule has 2 heterocycles. The zero-order chi connectivity index (χ0) is 15.4. The van der Waals surface area contributed by atoms with Crippen molar-refractivity contribution in [2.24, 2.45) is 5.92 Å². The van der Waals surface area contributed by atoms with Gasteiger partial charge in [-0.25, -0.2) is 0 Å². The van der Waals surface area contributed by atoms with Gasteiger partial charge in [-0.15, -0.1) is 0 Å². The van der Waals surface area contributed by atoms with E-state index in [1.165, 1.54) is 24.2 Å². The molecule has 20 heavy (non-hydrogen) atoms. The van der Waals surface area contributed by atoms with Crippen LogP contribution in [0, 0.1) is 5.92 Å². The number of thiocarbonyl (C=S) groups is 1. The highest BCUT2D eigenvalue weighted by atomic mass is 32.2. The fourth-order valence-corrected chi connectivity index (χ4v) is 3.87. The van der Waals surface area contributed by atoms with Crippen LogP contribution in [0.15, 0.2) is 24.5 Å². The van der Waals surface area contributed by atoms with E-state index in [4.69, 9.17) is 17.3 Å². The molecule has 1 aromatic heterocycles. The van der Waals surface area contributed by atoms with Crippen molar-refractivity contribution in [3.05, 3.63) is 30.1 Å². The number of hydrogen-bond acceptors (Lipinski definition) is 4. The number of aliphatic hydroxyl groups is 1. The number of aromatic nitrogens is 1. The Morgan fingerprint density at radius 3 is 2.70 bits per heavy atom. The molecule has 5 heteroatoms. The van der Waals surface area contributed by atoms with Crippen LogP contribution in [0.5, 0.6) is 0 Å². The number of thioether (sulfide) groups is 1. The van der Waals surface area contributed by atoms with Crippen molar-refractivity contribution in [3.8, 4) is 0 Å². The highest BCUT2D eigenvalue weighted by molar-refractivity contribution is 7.99. The van der Waals surface area contributed by atoms with Gasteiger partial charge in [0, 0.05) is 37.7 Å². The van der Waals surface area contributed by atoms with Crippen molar-refractivity contribution in [1.29, 1.82) is 0 Å². The summed E-state index contributed by atoms with van der Waals surface area (Å²) in [5, 5.41) is 10.6. The van der Waals surface area contributed by atoms with E-state index in [0.717, 1.165) is 12.1 Å². The lowest BCUT2D eigenvalue weighted by molar-refractivity contribution is 0.399. The molecule has 1 aromatic rings. The fourth-order valence-electron chi connectivity index (χ4n) is 2.11. The van der Waals surface area contributed by atoms with Gasteiger partial charge in [0.25, 0.3) is 0 Å². The summed E-state index contributed by atoms with van der Waals surface area (Å²) in [5.74, 6) is 1.69. The second-order valence-corrected chi connectivity index (χ2v) is 5.63. The first-order chi connectivity index (χ1) is 9.83. The lowest BCUT2D eigenvalue weighted by Crippen LogP contribution is -2.31. The van der Waals surface area contributed by atoms with Gasteiger partial charge in [-0.2, -0.15) is 11.8 Å². The summed E-state index contributed by atoms with van der Waals surface area (Å²) in [7, 11) is 2.92. The maximum atomic E-state index is 7.00. The third-order valence-corrected chi connectivity index (χ3v) is 4.91. The van der Waals surface area contributed by atoms with Gasteiger partial charge in [-0.05, 0) is 30.2 Å². The zero-order valence-electron chi connectivity index (χ0n) is 12.8. The van der Waals surface area contributed by atoms with Crippen LogP contribution in [-0.2, 0) is 0 Å². The molecule has 1 aliphatic heterocycles. The van der Waals surface area contributed by atoms with E-state index in [1.54, 1.807) is 0 Å². The van der Waals surface area contributed by atoms with E-state index in [0.29, 0.717) is 11.2 Å². The van der Waals surface area contributed by atoms with E-state index in [1.807, 2.05) is 51.1 Å². The Morgan fingerprint density at radius 2 is 2.15 bits per heavy atom. The lowest BCUT2D eigenvalue weighted by Gasteiger charge is -2.31. The Labute approximate surface area is 132 Å². The van der Waals surface area contributed by atoms with E-state index >= 15 is 0 Å². The summed E-state index contributed by atoms with van der Waals surface area (Å²) in [6.45, 7) is 4.00. The number of hydrogen-bond donors (Lipinski definition) is 2. The van der Waals surface area contributed by atoms with Gasteiger partial charge >= 0.3 is 0 Å². The van der Waals surface area contributed by atoms with Crippen molar-refractivity contribution in [1.82, 2.24) is 10.3 Å². The predicted molar refractivity (Wildman–Crippen MR) is 93.3 cm³/mol. The molecule has 2 rings (SSSR count). The normalized spacial score (nSPS) is 20.6. The van der Waals surface area contributed by atoms with Crippen LogP contribution in [-0.4, -0.2) is 35.0 Å². The Morgan fingerprint density at radius 1 is 1.45 bits per heavy atom. The van der Waals surface area contributed by atoms with Crippen LogP contribution in [0.2, 0.25) is 0 Å². The Bertz CT molecular complexity index is 360. The third-order valence-electron chi connectivity index (χ3n) is 2.92. The van der Waals surface area contributed by atoms with Crippen LogP contribution in [0.4, 0.5) is 0 Å². The molecule has 0 spiro atoms. The van der Waals surface area contributed by atoms with Crippen molar-refractivity contribution in [2.45, 2.75) is 31.9 Å². The molecule has 0 aromatic carbocycles. The van der Waals surface area contributed by atoms with E-state index in [2.05, 4.69) is 16.4 Å². The molecule has 0 bridgehead atoms. The maximum Gasteiger partial charge on any atom is 0.0796 e. The first-order valence-corrected chi connectivity index (χ1v) is 8.46. The Kier molecular flexibility index (Phi) is 11.7. The van der Waals surface area contributed by atoms with Crippen LogP contribution in [0.25, 0.3) is 0 Å². The zero-order valence-corrected chi connectivity index (χ0v) is 14.4. The fraction of sp³-hybridized carbons (Fsp3) is 0.600. The summed E-state index contributed by atoms with van der Waals surface area (Å²) >= 11 is 7.41. The smallest absolute Gasteiger partial charge is 0.0796 e. The minimum absolute atomic E-state index is 0.461. The number of aliphatic hydroxyl groups excluding tert-OH is 1. The van der Waals surface area contributed by atoms with Gasteiger partial charge in [0.15, 0.2) is 0 Å². The van der Waals surface area contributed by atoms with Crippen LogP contribution >= 0.6 is 24.0 Å². The number of rotatable bonds is 2. The van der Waals surface area contributed by atoms with E-state index in [9.17, 15) is 0 Å². The van der Waals surface area contributed by atoms with Gasteiger partial charge in [-0.3, -0.25) is 4.98 Å². The molecule has 1 fully saturated rings. The van der Waals surface area contributed by atoms with E-state index in [-0.39, 0.29) is 0 Å². The molecule has 2 N–H and O–H groups in total. The SMILES string of the molecule is CC.CNC(=S)C1CCCSC1c1cccnc1.CO. The topological polar surface area (TPSA) is 45.2 Å². The molecule has 0 saturated carbocycles. The molecular formula is C15H26N2OS2. The van der Waals surface area contributed by atoms with Crippen molar-refractivity contribution >= 4 is 29.0 Å². The highest BCUT2D eigenvalue weighted by Gasteiger charge is 2.29. The second kappa shape index (κ2) is 12.1. The quantitative estimate of drug-likeness (QED) is 0.819. The number of nitrogens with zero attached hydrogens (tertiary/aromatic N) is 1. The molecule has 0 aliphatic carbocycles.